The minimum absolute atomic E-state index is 0.275. The van der Waals surface area contributed by atoms with Gasteiger partial charge in [0, 0.05) is 5.57 Å². The number of hydrogen-bond donors (Lipinski definition) is 0. The molecule has 0 rings (SSSR count). The van der Waals surface area contributed by atoms with E-state index < -0.39 is 0 Å². The molecule has 0 heterocycles. The summed E-state index contributed by atoms with van der Waals surface area (Å²) in [5.41, 5.74) is 1.78. The summed E-state index contributed by atoms with van der Waals surface area (Å²) in [4.78, 5) is 10.8. The Labute approximate surface area is 67.6 Å². The number of methoxy groups -OCH3 is 1. The summed E-state index contributed by atoms with van der Waals surface area (Å²) in [5.74, 6) is -0.275. The molecule has 62 valence electrons. The van der Waals surface area contributed by atoms with Crippen molar-refractivity contribution in [1.29, 1.82) is 0 Å². The van der Waals surface area contributed by atoms with Crippen LogP contribution < -0.4 is 0 Å². The summed E-state index contributed by atoms with van der Waals surface area (Å²) in [7, 11) is 1.38. The lowest BCUT2D eigenvalue weighted by molar-refractivity contribution is -0.136. The first-order valence-electron chi connectivity index (χ1n) is 3.48. The van der Waals surface area contributed by atoms with Gasteiger partial charge in [-0.3, -0.25) is 0 Å². The van der Waals surface area contributed by atoms with E-state index in [1.54, 1.807) is 13.0 Å². The maximum atomic E-state index is 10.8. The fourth-order valence-corrected chi connectivity index (χ4v) is 0.521. The molecule has 0 saturated carbocycles. The van der Waals surface area contributed by atoms with E-state index in [9.17, 15) is 4.79 Å². The van der Waals surface area contributed by atoms with Gasteiger partial charge in [-0.25, -0.2) is 4.79 Å². The van der Waals surface area contributed by atoms with Gasteiger partial charge in [0.15, 0.2) is 0 Å². The Morgan fingerprint density at radius 3 is 2.09 bits per heavy atom. The molecular formula is C9H14O2. The predicted molar refractivity (Wildman–Crippen MR) is 45.2 cm³/mol. The van der Waals surface area contributed by atoms with Gasteiger partial charge in [0.25, 0.3) is 0 Å². The molecule has 0 aliphatic heterocycles. The molecule has 0 saturated heterocycles. The maximum absolute atomic E-state index is 10.8. The van der Waals surface area contributed by atoms with Gasteiger partial charge in [-0.1, -0.05) is 17.7 Å². The second-order valence-corrected chi connectivity index (χ2v) is 2.59. The first-order chi connectivity index (χ1) is 5.07. The number of allylic oxidation sites excluding steroid dienone is 3. The molecule has 0 bridgehead atoms. The summed E-state index contributed by atoms with van der Waals surface area (Å²) in [5, 5.41) is 0. The van der Waals surface area contributed by atoms with Crippen molar-refractivity contribution in [1.82, 2.24) is 0 Å². The van der Waals surface area contributed by atoms with Crippen molar-refractivity contribution in [3.63, 3.8) is 0 Å². The van der Waals surface area contributed by atoms with Crippen LogP contribution in [0.3, 0.4) is 0 Å². The molecule has 0 aromatic heterocycles. The molecule has 0 radical (unpaired) electrons. The second-order valence-electron chi connectivity index (χ2n) is 2.59. The molecule has 0 unspecified atom stereocenters. The number of rotatable bonds is 2. The lowest BCUT2D eigenvalue weighted by Gasteiger charge is -1.95. The Morgan fingerprint density at radius 2 is 1.73 bits per heavy atom. The Balaban J connectivity index is 4.23. The van der Waals surface area contributed by atoms with Crippen molar-refractivity contribution in [2.24, 2.45) is 0 Å². The number of hydrogen-bond acceptors (Lipinski definition) is 2. The van der Waals surface area contributed by atoms with Crippen molar-refractivity contribution in [2.75, 3.05) is 7.11 Å². The van der Waals surface area contributed by atoms with Crippen LogP contribution in [0.5, 0.6) is 0 Å². The molecule has 2 heteroatoms. The molecule has 0 amide bonds. The van der Waals surface area contributed by atoms with Crippen LogP contribution in [0.2, 0.25) is 0 Å². The van der Waals surface area contributed by atoms with Crippen molar-refractivity contribution < 1.29 is 9.53 Å². The van der Waals surface area contributed by atoms with Crippen LogP contribution in [0.25, 0.3) is 0 Å². The SMILES string of the molecule is COC(=O)/C(C)=C\C=C(C)C. The Morgan fingerprint density at radius 1 is 1.18 bits per heavy atom. The molecule has 0 aliphatic carbocycles. The van der Waals surface area contributed by atoms with Gasteiger partial charge < -0.3 is 4.74 Å². The molecule has 11 heavy (non-hydrogen) atoms. The van der Waals surface area contributed by atoms with E-state index >= 15 is 0 Å². The van der Waals surface area contributed by atoms with Gasteiger partial charge in [0.1, 0.15) is 0 Å². The number of ether oxygens (including phenoxy) is 1. The minimum Gasteiger partial charge on any atom is -0.466 e. The van der Waals surface area contributed by atoms with Crippen LogP contribution in [0.1, 0.15) is 20.8 Å². The van der Waals surface area contributed by atoms with Crippen molar-refractivity contribution in [2.45, 2.75) is 20.8 Å². The molecule has 0 aliphatic rings. The van der Waals surface area contributed by atoms with Gasteiger partial charge >= 0.3 is 5.97 Å². The van der Waals surface area contributed by atoms with E-state index in [-0.39, 0.29) is 5.97 Å². The molecule has 0 fully saturated rings. The summed E-state index contributed by atoms with van der Waals surface area (Å²) in [6.07, 6.45) is 3.63. The number of carbonyl (C=O) groups excluding carboxylic acids is 1. The highest BCUT2D eigenvalue weighted by Gasteiger charge is 1.99. The van der Waals surface area contributed by atoms with E-state index in [1.807, 2.05) is 19.9 Å². The highest BCUT2D eigenvalue weighted by molar-refractivity contribution is 5.87. The Kier molecular flexibility index (Phi) is 4.27. The summed E-state index contributed by atoms with van der Waals surface area (Å²) in [6.45, 7) is 5.67. The topological polar surface area (TPSA) is 26.3 Å². The highest BCUT2D eigenvalue weighted by atomic mass is 16.5. The number of carbonyl (C=O) groups is 1. The summed E-state index contributed by atoms with van der Waals surface area (Å²) >= 11 is 0. The Hall–Kier alpha value is -1.05. The molecule has 0 atom stereocenters. The molecule has 2 nitrogen and oxygen atoms in total. The van der Waals surface area contributed by atoms with Crippen molar-refractivity contribution in [3.8, 4) is 0 Å². The average molecular weight is 154 g/mol. The molecule has 0 aromatic rings. The third kappa shape index (κ3) is 4.37. The normalized spacial score (nSPS) is 10.7. The third-order valence-electron chi connectivity index (χ3n) is 1.17. The largest absolute Gasteiger partial charge is 0.466 e. The Bertz CT molecular complexity index is 196. The average Bonchev–Trinajstić information content (AvgIpc) is 1.98. The zero-order chi connectivity index (χ0) is 8.85. The third-order valence-corrected chi connectivity index (χ3v) is 1.17. The van der Waals surface area contributed by atoms with Crippen LogP contribution in [0.15, 0.2) is 23.3 Å². The number of esters is 1. The van der Waals surface area contributed by atoms with Gasteiger partial charge in [0.05, 0.1) is 7.11 Å². The molecular weight excluding hydrogens is 140 g/mol. The van der Waals surface area contributed by atoms with Gasteiger partial charge in [-0.15, -0.1) is 0 Å². The monoisotopic (exact) mass is 154 g/mol. The van der Waals surface area contributed by atoms with Crippen LogP contribution >= 0.6 is 0 Å². The van der Waals surface area contributed by atoms with Gasteiger partial charge in [-0.2, -0.15) is 0 Å². The van der Waals surface area contributed by atoms with Crippen molar-refractivity contribution >= 4 is 5.97 Å². The zero-order valence-electron chi connectivity index (χ0n) is 7.47. The van der Waals surface area contributed by atoms with E-state index in [2.05, 4.69) is 4.74 Å². The smallest absolute Gasteiger partial charge is 0.333 e. The lowest BCUT2D eigenvalue weighted by Crippen LogP contribution is -2.00. The van der Waals surface area contributed by atoms with E-state index in [4.69, 9.17) is 0 Å². The quantitative estimate of drug-likeness (QED) is 0.346. The zero-order valence-corrected chi connectivity index (χ0v) is 7.47. The highest BCUT2D eigenvalue weighted by Crippen LogP contribution is 1.98. The van der Waals surface area contributed by atoms with E-state index in [1.165, 1.54) is 7.11 Å². The first kappa shape index (κ1) is 9.95. The standard InChI is InChI=1S/C9H14O2/c1-7(2)5-6-8(3)9(10)11-4/h5-6H,1-4H3/b8-6-. The fraction of sp³-hybridized carbons (Fsp3) is 0.444. The van der Waals surface area contributed by atoms with Gasteiger partial charge in [-0.05, 0) is 20.8 Å². The lowest BCUT2D eigenvalue weighted by atomic mass is 10.2. The first-order valence-corrected chi connectivity index (χ1v) is 3.48. The summed E-state index contributed by atoms with van der Waals surface area (Å²) < 4.78 is 4.51. The fourth-order valence-electron chi connectivity index (χ4n) is 0.521. The van der Waals surface area contributed by atoms with Crippen LogP contribution in [0, 0.1) is 0 Å². The van der Waals surface area contributed by atoms with Crippen LogP contribution in [-0.4, -0.2) is 13.1 Å². The maximum Gasteiger partial charge on any atom is 0.333 e. The second kappa shape index (κ2) is 4.72. The minimum atomic E-state index is -0.275. The van der Waals surface area contributed by atoms with E-state index in [0.717, 1.165) is 5.57 Å². The van der Waals surface area contributed by atoms with Crippen LogP contribution in [-0.2, 0) is 9.53 Å². The molecule has 0 aromatic carbocycles. The summed E-state index contributed by atoms with van der Waals surface area (Å²) in [6, 6.07) is 0. The van der Waals surface area contributed by atoms with Gasteiger partial charge in [0.2, 0.25) is 0 Å². The molecule has 0 spiro atoms. The van der Waals surface area contributed by atoms with Crippen LogP contribution in [0.4, 0.5) is 0 Å². The van der Waals surface area contributed by atoms with Crippen molar-refractivity contribution in [3.05, 3.63) is 23.3 Å². The molecule has 0 N–H and O–H groups in total. The van der Waals surface area contributed by atoms with E-state index in [0.29, 0.717) is 5.57 Å². The predicted octanol–water partition coefficient (Wildman–Crippen LogP) is 2.07.